The van der Waals surface area contributed by atoms with Crippen molar-refractivity contribution in [1.29, 1.82) is 0 Å². The summed E-state index contributed by atoms with van der Waals surface area (Å²) >= 11 is 3.26. The lowest BCUT2D eigenvalue weighted by atomic mass is 10.2. The number of benzene rings is 1. The summed E-state index contributed by atoms with van der Waals surface area (Å²) in [6, 6.07) is 3.16. The molecule has 0 saturated carbocycles. The number of hydrogen-bond acceptors (Lipinski definition) is 5. The van der Waals surface area contributed by atoms with Crippen LogP contribution in [0.15, 0.2) is 16.6 Å². The molecular formula is C15H18BrNO5. The third-order valence-electron chi connectivity index (χ3n) is 3.32. The van der Waals surface area contributed by atoms with Crippen LogP contribution in [0.3, 0.4) is 0 Å². The van der Waals surface area contributed by atoms with E-state index in [0.29, 0.717) is 34.4 Å². The number of amides is 1. The van der Waals surface area contributed by atoms with Crippen LogP contribution in [0, 0.1) is 0 Å². The van der Waals surface area contributed by atoms with E-state index in [1.165, 1.54) is 13.2 Å². The predicted molar refractivity (Wildman–Crippen MR) is 83.6 cm³/mol. The molecule has 0 spiro atoms. The van der Waals surface area contributed by atoms with Crippen LogP contribution in [0.5, 0.6) is 11.5 Å². The van der Waals surface area contributed by atoms with Crippen LogP contribution in [0.25, 0.3) is 0 Å². The van der Waals surface area contributed by atoms with Crippen LogP contribution in [0.2, 0.25) is 0 Å². The summed E-state index contributed by atoms with van der Waals surface area (Å²) in [7, 11) is 1.49. The van der Waals surface area contributed by atoms with E-state index in [4.69, 9.17) is 14.2 Å². The smallest absolute Gasteiger partial charge is 0.258 e. The van der Waals surface area contributed by atoms with E-state index in [0.717, 1.165) is 19.4 Å². The first-order valence-electron chi connectivity index (χ1n) is 6.98. The minimum absolute atomic E-state index is 0.0906. The number of ether oxygens (including phenoxy) is 3. The largest absolute Gasteiger partial charge is 0.493 e. The fourth-order valence-corrected chi connectivity index (χ4v) is 2.56. The van der Waals surface area contributed by atoms with E-state index in [1.54, 1.807) is 6.07 Å². The van der Waals surface area contributed by atoms with E-state index in [-0.39, 0.29) is 18.6 Å². The minimum Gasteiger partial charge on any atom is -0.493 e. The molecule has 0 radical (unpaired) electrons. The van der Waals surface area contributed by atoms with Gasteiger partial charge in [0, 0.05) is 23.2 Å². The van der Waals surface area contributed by atoms with Crippen molar-refractivity contribution in [2.45, 2.75) is 18.9 Å². The van der Waals surface area contributed by atoms with Crippen LogP contribution >= 0.6 is 15.9 Å². The molecule has 1 aromatic carbocycles. The summed E-state index contributed by atoms with van der Waals surface area (Å²) < 4.78 is 16.7. The molecule has 1 heterocycles. The zero-order chi connectivity index (χ0) is 15.9. The van der Waals surface area contributed by atoms with Gasteiger partial charge in [-0.2, -0.15) is 0 Å². The Labute approximate surface area is 137 Å². The van der Waals surface area contributed by atoms with E-state index < -0.39 is 0 Å². The van der Waals surface area contributed by atoms with Crippen LogP contribution in [0.1, 0.15) is 23.2 Å². The summed E-state index contributed by atoms with van der Waals surface area (Å²) in [6.07, 6.45) is 2.78. The monoisotopic (exact) mass is 371 g/mol. The number of nitrogens with one attached hydrogen (secondary N) is 1. The van der Waals surface area contributed by atoms with Gasteiger partial charge in [0.15, 0.2) is 24.4 Å². The number of halogens is 1. The molecule has 7 heteroatoms. The van der Waals surface area contributed by atoms with E-state index in [9.17, 15) is 9.59 Å². The van der Waals surface area contributed by atoms with Gasteiger partial charge in [0.2, 0.25) is 0 Å². The SMILES string of the molecule is COc1cc(Br)c(C=O)cc1OCC(=O)NC[C@@H]1CCCO1. The molecule has 1 N–H and O–H groups in total. The van der Waals surface area contributed by atoms with Crippen molar-refractivity contribution < 1.29 is 23.8 Å². The Balaban J connectivity index is 1.89. The maximum absolute atomic E-state index is 11.8. The van der Waals surface area contributed by atoms with Crippen LogP contribution in [-0.2, 0) is 9.53 Å². The molecule has 0 unspecified atom stereocenters. The van der Waals surface area contributed by atoms with Gasteiger partial charge in [-0.25, -0.2) is 0 Å². The Morgan fingerprint density at radius 3 is 2.95 bits per heavy atom. The molecular weight excluding hydrogens is 354 g/mol. The number of carbonyl (C=O) groups excluding carboxylic acids is 2. The lowest BCUT2D eigenvalue weighted by Crippen LogP contribution is -2.35. The Kier molecular flexibility index (Phi) is 6.21. The molecule has 1 amide bonds. The number of carbonyl (C=O) groups is 2. The van der Waals surface area contributed by atoms with Crippen molar-refractivity contribution >= 4 is 28.1 Å². The average molecular weight is 372 g/mol. The van der Waals surface area contributed by atoms with Crippen molar-refractivity contribution in [3.8, 4) is 11.5 Å². The molecule has 0 aromatic heterocycles. The highest BCUT2D eigenvalue weighted by atomic mass is 79.9. The number of aldehydes is 1. The number of rotatable bonds is 7. The molecule has 120 valence electrons. The average Bonchev–Trinajstić information content (AvgIpc) is 3.04. The summed E-state index contributed by atoms with van der Waals surface area (Å²) in [5.41, 5.74) is 0.426. The quantitative estimate of drug-likeness (QED) is 0.741. The van der Waals surface area contributed by atoms with E-state index in [1.807, 2.05) is 0 Å². The zero-order valence-electron chi connectivity index (χ0n) is 12.3. The van der Waals surface area contributed by atoms with Crippen molar-refractivity contribution in [3.63, 3.8) is 0 Å². The Morgan fingerprint density at radius 2 is 2.32 bits per heavy atom. The maximum Gasteiger partial charge on any atom is 0.258 e. The third-order valence-corrected chi connectivity index (χ3v) is 4.01. The van der Waals surface area contributed by atoms with E-state index >= 15 is 0 Å². The van der Waals surface area contributed by atoms with Crippen LogP contribution in [0.4, 0.5) is 0 Å². The van der Waals surface area contributed by atoms with Gasteiger partial charge >= 0.3 is 0 Å². The van der Waals surface area contributed by atoms with Crippen LogP contribution < -0.4 is 14.8 Å². The Hall–Kier alpha value is -1.60. The topological polar surface area (TPSA) is 73.9 Å². The van der Waals surface area contributed by atoms with Gasteiger partial charge < -0.3 is 19.5 Å². The minimum atomic E-state index is -0.242. The third kappa shape index (κ3) is 4.45. The van der Waals surface area contributed by atoms with Crippen molar-refractivity contribution in [2.75, 3.05) is 26.9 Å². The molecule has 1 atom stereocenters. The van der Waals surface area contributed by atoms with E-state index in [2.05, 4.69) is 21.2 Å². The Morgan fingerprint density at radius 1 is 1.50 bits per heavy atom. The van der Waals surface area contributed by atoms with Crippen molar-refractivity contribution in [3.05, 3.63) is 22.2 Å². The molecule has 0 bridgehead atoms. The zero-order valence-corrected chi connectivity index (χ0v) is 13.9. The summed E-state index contributed by atoms with van der Waals surface area (Å²) in [4.78, 5) is 22.7. The fraction of sp³-hybridized carbons (Fsp3) is 0.467. The molecule has 2 rings (SSSR count). The number of methoxy groups -OCH3 is 1. The summed E-state index contributed by atoms with van der Waals surface area (Å²) in [6.45, 7) is 1.09. The molecule has 1 aliphatic rings. The second-order valence-corrected chi connectivity index (χ2v) is 5.72. The normalized spacial score (nSPS) is 17.1. The lowest BCUT2D eigenvalue weighted by molar-refractivity contribution is -0.123. The number of hydrogen-bond donors (Lipinski definition) is 1. The molecule has 6 nitrogen and oxygen atoms in total. The van der Waals surface area contributed by atoms with Gasteiger partial charge in [-0.15, -0.1) is 0 Å². The molecule has 1 aliphatic heterocycles. The first kappa shape index (κ1) is 16.8. The van der Waals surface area contributed by atoms with Crippen molar-refractivity contribution in [1.82, 2.24) is 5.32 Å². The van der Waals surface area contributed by atoms with Gasteiger partial charge in [-0.05, 0) is 40.9 Å². The molecule has 1 saturated heterocycles. The summed E-state index contributed by atoms with van der Waals surface area (Å²) in [5, 5.41) is 2.76. The lowest BCUT2D eigenvalue weighted by Gasteiger charge is -2.13. The van der Waals surface area contributed by atoms with Crippen molar-refractivity contribution in [2.24, 2.45) is 0 Å². The standard InChI is InChI=1S/C15H18BrNO5/c1-20-13-6-12(16)10(8-18)5-14(13)22-9-15(19)17-7-11-3-2-4-21-11/h5-6,8,11H,2-4,7,9H2,1H3,(H,17,19)/t11-/m0/s1. The highest BCUT2D eigenvalue weighted by Gasteiger charge is 2.17. The van der Waals surface area contributed by atoms with Gasteiger partial charge in [0.05, 0.1) is 13.2 Å². The van der Waals surface area contributed by atoms with Gasteiger partial charge in [0.1, 0.15) is 0 Å². The molecule has 22 heavy (non-hydrogen) atoms. The Bertz CT molecular complexity index is 543. The van der Waals surface area contributed by atoms with Crippen LogP contribution in [-0.4, -0.2) is 45.2 Å². The molecule has 1 fully saturated rings. The van der Waals surface area contributed by atoms with Gasteiger partial charge in [0.25, 0.3) is 5.91 Å². The molecule has 1 aromatic rings. The summed E-state index contributed by atoms with van der Waals surface area (Å²) in [5.74, 6) is 0.553. The highest BCUT2D eigenvalue weighted by Crippen LogP contribution is 2.32. The predicted octanol–water partition coefficient (Wildman–Crippen LogP) is 1.94. The van der Waals surface area contributed by atoms with Gasteiger partial charge in [-0.3, -0.25) is 9.59 Å². The molecule has 0 aliphatic carbocycles. The second-order valence-electron chi connectivity index (χ2n) is 4.87. The first-order valence-corrected chi connectivity index (χ1v) is 7.77. The highest BCUT2D eigenvalue weighted by molar-refractivity contribution is 9.10. The first-order chi connectivity index (χ1) is 10.6. The maximum atomic E-state index is 11.8. The second kappa shape index (κ2) is 8.14. The van der Waals surface area contributed by atoms with Gasteiger partial charge in [-0.1, -0.05) is 0 Å². The fourth-order valence-electron chi connectivity index (χ4n) is 2.14.